The molecule has 0 aromatic carbocycles. The van der Waals surface area contributed by atoms with Crippen molar-refractivity contribution < 1.29 is 0 Å². The second-order valence-electron chi connectivity index (χ2n) is 8.00. The van der Waals surface area contributed by atoms with Crippen LogP contribution in [0.2, 0.25) is 0 Å². The van der Waals surface area contributed by atoms with Crippen molar-refractivity contribution in [3.8, 4) is 0 Å². The predicted molar refractivity (Wildman–Crippen MR) is 78.5 cm³/mol. The van der Waals surface area contributed by atoms with E-state index in [2.05, 4.69) is 66.0 Å². The van der Waals surface area contributed by atoms with Crippen LogP contribution in [-0.2, 0) is 0 Å². The molecule has 0 heterocycles. The molecule has 0 spiro atoms. The Morgan fingerprint density at radius 1 is 0.882 bits per heavy atom. The third-order valence-corrected chi connectivity index (χ3v) is 3.12. The first-order valence-corrected chi connectivity index (χ1v) is 6.83. The van der Waals surface area contributed by atoms with Gasteiger partial charge in [0.05, 0.1) is 0 Å². The Bertz CT molecular complexity index is 224. The van der Waals surface area contributed by atoms with E-state index in [1.54, 1.807) is 0 Å². The normalized spacial score (nSPS) is 16.1. The van der Waals surface area contributed by atoms with Gasteiger partial charge in [0.25, 0.3) is 0 Å². The van der Waals surface area contributed by atoms with Gasteiger partial charge in [-0.3, -0.25) is 0 Å². The summed E-state index contributed by atoms with van der Waals surface area (Å²) in [4.78, 5) is 0. The van der Waals surface area contributed by atoms with Crippen molar-refractivity contribution in [3.05, 3.63) is 0 Å². The predicted octanol–water partition coefficient (Wildman–Crippen LogP) is 3.57. The lowest BCUT2D eigenvalue weighted by Crippen LogP contribution is -2.52. The molecule has 0 aliphatic rings. The van der Waals surface area contributed by atoms with Crippen molar-refractivity contribution in [2.45, 2.75) is 85.4 Å². The first kappa shape index (κ1) is 16.9. The fourth-order valence-electron chi connectivity index (χ4n) is 2.88. The Morgan fingerprint density at radius 2 is 1.35 bits per heavy atom. The molecule has 17 heavy (non-hydrogen) atoms. The van der Waals surface area contributed by atoms with E-state index >= 15 is 0 Å². The van der Waals surface area contributed by atoms with E-state index in [1.165, 1.54) is 6.42 Å². The smallest absolute Gasteiger partial charge is 0.0144 e. The van der Waals surface area contributed by atoms with Crippen LogP contribution in [0.3, 0.4) is 0 Å². The van der Waals surface area contributed by atoms with Crippen molar-refractivity contribution in [3.63, 3.8) is 0 Å². The zero-order chi connectivity index (χ0) is 13.9. The van der Waals surface area contributed by atoms with Gasteiger partial charge >= 0.3 is 0 Å². The zero-order valence-corrected chi connectivity index (χ0v) is 13.5. The summed E-state index contributed by atoms with van der Waals surface area (Å²) in [6.45, 7) is 18.3. The number of hydrogen-bond donors (Lipinski definition) is 2. The summed E-state index contributed by atoms with van der Waals surface area (Å²) in [5.74, 6) is 0. The molecule has 0 amide bonds. The number of hydrogen-bond acceptors (Lipinski definition) is 2. The SMILES string of the molecule is CNC(C)(C)CC(C)(C)NC(C)CC(C)(C)C. The van der Waals surface area contributed by atoms with E-state index in [1.807, 2.05) is 7.05 Å². The van der Waals surface area contributed by atoms with Gasteiger partial charge in [-0.1, -0.05) is 20.8 Å². The van der Waals surface area contributed by atoms with Crippen molar-refractivity contribution in [1.29, 1.82) is 0 Å². The highest BCUT2D eigenvalue weighted by Gasteiger charge is 2.29. The summed E-state index contributed by atoms with van der Waals surface area (Å²) in [5, 5.41) is 7.14. The van der Waals surface area contributed by atoms with Crippen LogP contribution in [0.5, 0.6) is 0 Å². The molecular formula is C15H34N2. The quantitative estimate of drug-likeness (QED) is 0.744. The molecule has 0 aliphatic carbocycles. The molecule has 1 unspecified atom stereocenters. The lowest BCUT2D eigenvalue weighted by Gasteiger charge is -2.38. The van der Waals surface area contributed by atoms with Gasteiger partial charge in [0, 0.05) is 17.1 Å². The Hall–Kier alpha value is -0.0800. The van der Waals surface area contributed by atoms with E-state index in [4.69, 9.17) is 0 Å². The molecular weight excluding hydrogens is 208 g/mol. The van der Waals surface area contributed by atoms with Gasteiger partial charge in [-0.05, 0) is 59.9 Å². The maximum Gasteiger partial charge on any atom is 0.0144 e. The van der Waals surface area contributed by atoms with Crippen molar-refractivity contribution in [1.82, 2.24) is 10.6 Å². The lowest BCUT2D eigenvalue weighted by atomic mass is 9.84. The van der Waals surface area contributed by atoms with E-state index in [9.17, 15) is 0 Å². The summed E-state index contributed by atoms with van der Waals surface area (Å²) in [5.41, 5.74) is 0.732. The summed E-state index contributed by atoms with van der Waals surface area (Å²) < 4.78 is 0. The third kappa shape index (κ3) is 8.62. The van der Waals surface area contributed by atoms with Gasteiger partial charge in [0.1, 0.15) is 0 Å². The second kappa shape index (κ2) is 5.71. The zero-order valence-electron chi connectivity index (χ0n) is 13.5. The molecule has 0 bridgehead atoms. The molecule has 0 saturated heterocycles. The number of rotatable bonds is 6. The van der Waals surface area contributed by atoms with E-state index in [0.717, 1.165) is 6.42 Å². The van der Waals surface area contributed by atoms with Crippen LogP contribution >= 0.6 is 0 Å². The van der Waals surface area contributed by atoms with E-state index < -0.39 is 0 Å². The first-order chi connectivity index (χ1) is 7.37. The number of nitrogens with one attached hydrogen (secondary N) is 2. The Morgan fingerprint density at radius 3 is 1.71 bits per heavy atom. The first-order valence-electron chi connectivity index (χ1n) is 6.83. The van der Waals surface area contributed by atoms with Gasteiger partial charge in [0.2, 0.25) is 0 Å². The van der Waals surface area contributed by atoms with Crippen molar-refractivity contribution >= 4 is 0 Å². The van der Waals surface area contributed by atoms with Gasteiger partial charge in [-0.25, -0.2) is 0 Å². The largest absolute Gasteiger partial charge is 0.315 e. The highest BCUT2D eigenvalue weighted by atomic mass is 15.0. The van der Waals surface area contributed by atoms with Gasteiger partial charge < -0.3 is 10.6 Å². The highest BCUT2D eigenvalue weighted by molar-refractivity contribution is 4.91. The summed E-state index contributed by atoms with van der Waals surface area (Å²) >= 11 is 0. The van der Waals surface area contributed by atoms with Gasteiger partial charge in [0.15, 0.2) is 0 Å². The average Bonchev–Trinajstić information content (AvgIpc) is 1.96. The van der Waals surface area contributed by atoms with E-state index in [0.29, 0.717) is 11.5 Å². The Balaban J connectivity index is 4.35. The van der Waals surface area contributed by atoms with E-state index in [-0.39, 0.29) is 11.1 Å². The molecule has 0 aromatic heterocycles. The average molecular weight is 242 g/mol. The molecule has 0 aliphatic heterocycles. The van der Waals surface area contributed by atoms with Gasteiger partial charge in [-0.15, -0.1) is 0 Å². The van der Waals surface area contributed by atoms with Crippen LogP contribution in [0, 0.1) is 5.41 Å². The fraction of sp³-hybridized carbons (Fsp3) is 1.00. The molecule has 0 aromatic rings. The Kier molecular flexibility index (Phi) is 5.68. The molecule has 0 rings (SSSR count). The fourth-order valence-corrected chi connectivity index (χ4v) is 2.88. The highest BCUT2D eigenvalue weighted by Crippen LogP contribution is 2.24. The molecule has 0 saturated carbocycles. The lowest BCUT2D eigenvalue weighted by molar-refractivity contribution is 0.216. The van der Waals surface area contributed by atoms with Crippen LogP contribution in [0.15, 0.2) is 0 Å². The summed E-state index contributed by atoms with van der Waals surface area (Å²) in [7, 11) is 2.04. The molecule has 104 valence electrons. The van der Waals surface area contributed by atoms with Gasteiger partial charge in [-0.2, -0.15) is 0 Å². The summed E-state index contributed by atoms with van der Waals surface area (Å²) in [6.07, 6.45) is 2.32. The summed E-state index contributed by atoms with van der Waals surface area (Å²) in [6, 6.07) is 0.553. The molecule has 0 fully saturated rings. The topological polar surface area (TPSA) is 24.1 Å². The van der Waals surface area contributed by atoms with Crippen LogP contribution < -0.4 is 10.6 Å². The van der Waals surface area contributed by atoms with Crippen LogP contribution in [0.4, 0.5) is 0 Å². The van der Waals surface area contributed by atoms with Crippen molar-refractivity contribution in [2.24, 2.45) is 5.41 Å². The monoisotopic (exact) mass is 242 g/mol. The molecule has 0 radical (unpaired) electrons. The molecule has 2 nitrogen and oxygen atoms in total. The maximum atomic E-state index is 3.76. The minimum Gasteiger partial charge on any atom is -0.315 e. The van der Waals surface area contributed by atoms with Crippen LogP contribution in [0.25, 0.3) is 0 Å². The van der Waals surface area contributed by atoms with Crippen molar-refractivity contribution in [2.75, 3.05) is 7.05 Å². The molecule has 2 heteroatoms. The second-order valence-corrected chi connectivity index (χ2v) is 8.00. The molecule has 2 N–H and O–H groups in total. The maximum absolute atomic E-state index is 3.76. The minimum atomic E-state index is 0.164. The van der Waals surface area contributed by atoms with Crippen LogP contribution in [-0.4, -0.2) is 24.2 Å². The Labute approximate surface area is 109 Å². The minimum absolute atomic E-state index is 0.164. The third-order valence-electron chi connectivity index (χ3n) is 3.12. The molecule has 1 atom stereocenters. The standard InChI is InChI=1S/C15H34N2/c1-12(10-13(2,3)4)17-15(7,8)11-14(5,6)16-9/h12,16-17H,10-11H2,1-9H3. The van der Waals surface area contributed by atoms with Crippen LogP contribution in [0.1, 0.15) is 68.2 Å².